The Labute approximate surface area is 134 Å². The average Bonchev–Trinajstić information content (AvgIpc) is 2.49. The lowest BCUT2D eigenvalue weighted by Crippen LogP contribution is -2.20. The Kier molecular flexibility index (Phi) is 5.18. The molecule has 0 N–H and O–H groups in total. The lowest BCUT2D eigenvalue weighted by molar-refractivity contribution is -0.142. The first-order valence-corrected chi connectivity index (χ1v) is 7.72. The van der Waals surface area contributed by atoms with Gasteiger partial charge < -0.3 is 4.74 Å². The maximum atomic E-state index is 12.2. The van der Waals surface area contributed by atoms with Crippen molar-refractivity contribution in [3.63, 3.8) is 0 Å². The summed E-state index contributed by atoms with van der Waals surface area (Å²) in [6.45, 7) is 4.12. The summed E-state index contributed by atoms with van der Waals surface area (Å²) < 4.78 is 6.01. The van der Waals surface area contributed by atoms with E-state index >= 15 is 0 Å². The highest BCUT2D eigenvalue weighted by atomic mass is 79.9. The lowest BCUT2D eigenvalue weighted by Gasteiger charge is -2.23. The molecule has 2 atom stereocenters. The van der Waals surface area contributed by atoms with E-state index in [2.05, 4.69) is 54.0 Å². The molecular formula is C18H19BrO2. The van der Waals surface area contributed by atoms with Crippen LogP contribution in [0.4, 0.5) is 0 Å². The zero-order valence-electron chi connectivity index (χ0n) is 12.5. The smallest absolute Gasteiger partial charge is 0.313 e. The molecule has 0 bridgehead atoms. The third-order valence-electron chi connectivity index (χ3n) is 3.79. The molecule has 0 unspecified atom stereocenters. The number of hydrogen-bond donors (Lipinski definition) is 0. The highest BCUT2D eigenvalue weighted by molar-refractivity contribution is 9.10. The molecule has 0 spiro atoms. The number of rotatable bonds is 4. The van der Waals surface area contributed by atoms with Crippen molar-refractivity contribution >= 4 is 21.9 Å². The Hall–Kier alpha value is -1.61. The van der Waals surface area contributed by atoms with Crippen molar-refractivity contribution < 1.29 is 9.53 Å². The van der Waals surface area contributed by atoms with Crippen LogP contribution in [0.1, 0.15) is 35.4 Å². The Morgan fingerprint density at radius 1 is 1.00 bits per heavy atom. The van der Waals surface area contributed by atoms with E-state index in [0.717, 1.165) is 15.6 Å². The number of aryl methyl sites for hydroxylation is 1. The topological polar surface area (TPSA) is 26.3 Å². The molecule has 0 aliphatic carbocycles. The molecule has 0 saturated heterocycles. The number of ether oxygens (including phenoxy) is 1. The zero-order chi connectivity index (χ0) is 15.4. The van der Waals surface area contributed by atoms with Crippen LogP contribution in [0.15, 0.2) is 53.0 Å². The van der Waals surface area contributed by atoms with Gasteiger partial charge in [-0.15, -0.1) is 0 Å². The van der Waals surface area contributed by atoms with Gasteiger partial charge in [-0.25, -0.2) is 0 Å². The van der Waals surface area contributed by atoms with Crippen molar-refractivity contribution in [2.75, 3.05) is 7.11 Å². The Balaban J connectivity index is 2.37. The quantitative estimate of drug-likeness (QED) is 0.742. The SMILES string of the molecule is COC(=O)[C@@H](c1ccc(Br)cc1)[C@H](C)c1ccc(C)cc1. The van der Waals surface area contributed by atoms with E-state index in [1.54, 1.807) is 0 Å². The minimum atomic E-state index is -0.300. The van der Waals surface area contributed by atoms with Gasteiger partial charge in [-0.2, -0.15) is 0 Å². The highest BCUT2D eigenvalue weighted by Crippen LogP contribution is 2.34. The number of esters is 1. The fourth-order valence-corrected chi connectivity index (χ4v) is 2.75. The first-order chi connectivity index (χ1) is 10.0. The molecule has 2 rings (SSSR count). The van der Waals surface area contributed by atoms with Crippen LogP contribution < -0.4 is 0 Å². The molecule has 0 aromatic heterocycles. The van der Waals surface area contributed by atoms with E-state index in [9.17, 15) is 4.79 Å². The number of halogens is 1. The summed E-state index contributed by atoms with van der Waals surface area (Å²) in [4.78, 5) is 12.2. The molecule has 0 aliphatic heterocycles. The van der Waals surface area contributed by atoms with Crippen molar-refractivity contribution in [1.82, 2.24) is 0 Å². The third-order valence-corrected chi connectivity index (χ3v) is 4.32. The van der Waals surface area contributed by atoms with Gasteiger partial charge in [0.15, 0.2) is 0 Å². The number of hydrogen-bond acceptors (Lipinski definition) is 2. The summed E-state index contributed by atoms with van der Waals surface area (Å²) in [6, 6.07) is 16.1. The van der Waals surface area contributed by atoms with Crippen molar-refractivity contribution in [3.05, 3.63) is 69.7 Å². The van der Waals surface area contributed by atoms with Crippen LogP contribution >= 0.6 is 15.9 Å². The van der Waals surface area contributed by atoms with Gasteiger partial charge in [0.25, 0.3) is 0 Å². The maximum Gasteiger partial charge on any atom is 0.313 e. The summed E-state index contributed by atoms with van der Waals surface area (Å²) in [5.74, 6) is -0.449. The Bertz CT molecular complexity index is 602. The predicted octanol–water partition coefficient (Wildman–Crippen LogP) is 4.82. The van der Waals surface area contributed by atoms with E-state index in [4.69, 9.17) is 4.74 Å². The van der Waals surface area contributed by atoms with Gasteiger partial charge in [0.2, 0.25) is 0 Å². The van der Waals surface area contributed by atoms with Gasteiger partial charge in [0.05, 0.1) is 13.0 Å². The number of benzene rings is 2. The van der Waals surface area contributed by atoms with Crippen molar-refractivity contribution in [3.8, 4) is 0 Å². The van der Waals surface area contributed by atoms with Crippen LogP contribution in [-0.4, -0.2) is 13.1 Å². The number of carbonyl (C=O) groups is 1. The molecule has 0 aliphatic rings. The van der Waals surface area contributed by atoms with E-state index in [0.29, 0.717) is 0 Å². The molecule has 0 amide bonds. The first-order valence-electron chi connectivity index (χ1n) is 6.92. The monoisotopic (exact) mass is 346 g/mol. The molecule has 0 fully saturated rings. The standard InChI is InChI=1S/C18H19BrO2/c1-12-4-6-14(7-5-12)13(2)17(18(20)21-3)15-8-10-16(19)11-9-15/h4-11,13,17H,1-3H3/t13-,17-/m1/s1. The maximum absolute atomic E-state index is 12.2. The molecule has 110 valence electrons. The summed E-state index contributed by atoms with van der Waals surface area (Å²) in [5.41, 5.74) is 3.32. The number of methoxy groups -OCH3 is 1. The molecule has 2 aromatic carbocycles. The summed E-state index contributed by atoms with van der Waals surface area (Å²) >= 11 is 3.42. The second kappa shape index (κ2) is 6.90. The fraction of sp³-hybridized carbons (Fsp3) is 0.278. The molecule has 0 saturated carbocycles. The lowest BCUT2D eigenvalue weighted by atomic mass is 9.82. The van der Waals surface area contributed by atoms with Crippen molar-refractivity contribution in [2.45, 2.75) is 25.7 Å². The molecule has 0 radical (unpaired) electrons. The fourth-order valence-electron chi connectivity index (χ4n) is 2.49. The first kappa shape index (κ1) is 15.8. The highest BCUT2D eigenvalue weighted by Gasteiger charge is 2.28. The van der Waals surface area contributed by atoms with Crippen molar-refractivity contribution in [2.24, 2.45) is 0 Å². The van der Waals surface area contributed by atoms with Gasteiger partial charge in [0, 0.05) is 4.47 Å². The van der Waals surface area contributed by atoms with Crippen molar-refractivity contribution in [1.29, 1.82) is 0 Å². The molecule has 3 heteroatoms. The summed E-state index contributed by atoms with van der Waals surface area (Å²) in [5, 5.41) is 0. The van der Waals surface area contributed by atoms with Crippen LogP contribution in [0, 0.1) is 6.92 Å². The second-order valence-electron chi connectivity index (χ2n) is 5.25. The van der Waals surface area contributed by atoms with Crippen LogP contribution in [-0.2, 0) is 9.53 Å². The van der Waals surface area contributed by atoms with Gasteiger partial charge in [-0.3, -0.25) is 4.79 Å². The largest absolute Gasteiger partial charge is 0.469 e. The summed E-state index contributed by atoms with van der Waals surface area (Å²) in [7, 11) is 1.44. The average molecular weight is 347 g/mol. The van der Waals surface area contributed by atoms with Gasteiger partial charge >= 0.3 is 5.97 Å². The van der Waals surface area contributed by atoms with E-state index in [1.807, 2.05) is 24.3 Å². The Morgan fingerprint density at radius 2 is 1.52 bits per heavy atom. The van der Waals surface area contributed by atoms with Crippen LogP contribution in [0.2, 0.25) is 0 Å². The predicted molar refractivity (Wildman–Crippen MR) is 88.5 cm³/mol. The van der Waals surface area contributed by atoms with Gasteiger partial charge in [0.1, 0.15) is 0 Å². The summed E-state index contributed by atoms with van der Waals surface area (Å²) in [6.07, 6.45) is 0. The van der Waals surface area contributed by atoms with Crippen LogP contribution in [0.25, 0.3) is 0 Å². The molecular weight excluding hydrogens is 328 g/mol. The van der Waals surface area contributed by atoms with E-state index in [-0.39, 0.29) is 17.8 Å². The minimum Gasteiger partial charge on any atom is -0.469 e. The Morgan fingerprint density at radius 3 is 2.05 bits per heavy atom. The van der Waals surface area contributed by atoms with Gasteiger partial charge in [-0.1, -0.05) is 64.8 Å². The van der Waals surface area contributed by atoms with Gasteiger partial charge in [-0.05, 0) is 36.1 Å². The second-order valence-corrected chi connectivity index (χ2v) is 6.17. The zero-order valence-corrected chi connectivity index (χ0v) is 14.1. The third kappa shape index (κ3) is 3.73. The molecule has 2 nitrogen and oxygen atoms in total. The minimum absolute atomic E-state index is 0.0548. The van der Waals surface area contributed by atoms with E-state index < -0.39 is 0 Å². The molecule has 21 heavy (non-hydrogen) atoms. The van der Waals surface area contributed by atoms with E-state index in [1.165, 1.54) is 12.7 Å². The van der Waals surface area contributed by atoms with Crippen LogP contribution in [0.5, 0.6) is 0 Å². The number of carbonyl (C=O) groups excluding carboxylic acids is 1. The van der Waals surface area contributed by atoms with Crippen LogP contribution in [0.3, 0.4) is 0 Å². The molecule has 2 aromatic rings. The molecule has 0 heterocycles. The normalized spacial score (nSPS) is 13.5.